The number of aliphatic imine (C=N–C) groups is 1. The Hall–Kier alpha value is -1.97. The number of nitrogens with one attached hydrogen (secondary N) is 1. The van der Waals surface area contributed by atoms with Gasteiger partial charge in [-0.25, -0.2) is 9.98 Å². The molecule has 0 bridgehead atoms. The van der Waals surface area contributed by atoms with E-state index in [1.54, 1.807) is 14.2 Å². The van der Waals surface area contributed by atoms with Crippen molar-refractivity contribution in [3.63, 3.8) is 0 Å². The van der Waals surface area contributed by atoms with Gasteiger partial charge in [0.15, 0.2) is 17.5 Å². The summed E-state index contributed by atoms with van der Waals surface area (Å²) in [5.41, 5.74) is 2.08. The summed E-state index contributed by atoms with van der Waals surface area (Å²) in [6, 6.07) is 5.99. The zero-order chi connectivity index (χ0) is 19.8. The number of likely N-dealkylation sites (N-methyl/N-ethyl adjacent to an activating group) is 1. The van der Waals surface area contributed by atoms with Crippen LogP contribution in [-0.4, -0.2) is 50.2 Å². The molecular weight excluding hydrogens is 471 g/mol. The Bertz CT molecular complexity index is 757. The van der Waals surface area contributed by atoms with Crippen LogP contribution < -0.4 is 14.8 Å². The van der Waals surface area contributed by atoms with E-state index in [2.05, 4.69) is 33.2 Å². The van der Waals surface area contributed by atoms with Gasteiger partial charge in [-0.15, -0.1) is 24.0 Å². The van der Waals surface area contributed by atoms with Gasteiger partial charge in [0.2, 0.25) is 5.89 Å². The van der Waals surface area contributed by atoms with Crippen LogP contribution in [0, 0.1) is 13.8 Å². The van der Waals surface area contributed by atoms with Gasteiger partial charge in [-0.3, -0.25) is 0 Å². The second kappa shape index (κ2) is 11.8. The summed E-state index contributed by atoms with van der Waals surface area (Å²) in [4.78, 5) is 11.1. The Kier molecular flexibility index (Phi) is 10.1. The van der Waals surface area contributed by atoms with Crippen LogP contribution in [0.15, 0.2) is 27.6 Å². The zero-order valence-electron chi connectivity index (χ0n) is 17.5. The number of hydrogen-bond acceptors (Lipinski definition) is 5. The lowest BCUT2D eigenvalue weighted by Crippen LogP contribution is -2.40. The maximum atomic E-state index is 5.61. The third kappa shape index (κ3) is 6.57. The second-order valence-corrected chi connectivity index (χ2v) is 6.28. The van der Waals surface area contributed by atoms with Crippen LogP contribution in [0.5, 0.6) is 11.5 Å². The molecule has 0 radical (unpaired) electrons. The largest absolute Gasteiger partial charge is 0.493 e. The highest BCUT2D eigenvalue weighted by Gasteiger charge is 2.10. The topological polar surface area (TPSA) is 72.1 Å². The van der Waals surface area contributed by atoms with Gasteiger partial charge in [0.25, 0.3) is 0 Å². The quantitative estimate of drug-likeness (QED) is 0.338. The van der Waals surface area contributed by atoms with Crippen molar-refractivity contribution in [3.8, 4) is 11.5 Å². The Morgan fingerprint density at radius 3 is 2.50 bits per heavy atom. The van der Waals surface area contributed by atoms with Crippen molar-refractivity contribution in [1.82, 2.24) is 15.2 Å². The first-order chi connectivity index (χ1) is 13.0. The summed E-state index contributed by atoms with van der Waals surface area (Å²) in [6.45, 7) is 7.92. The third-order valence-electron chi connectivity index (χ3n) is 4.32. The number of benzene rings is 1. The van der Waals surface area contributed by atoms with E-state index in [0.29, 0.717) is 12.4 Å². The third-order valence-corrected chi connectivity index (χ3v) is 4.32. The average molecular weight is 502 g/mol. The van der Waals surface area contributed by atoms with Gasteiger partial charge in [-0.05, 0) is 44.9 Å². The monoisotopic (exact) mass is 502 g/mol. The van der Waals surface area contributed by atoms with Crippen LogP contribution in [0.1, 0.15) is 29.8 Å². The maximum Gasteiger partial charge on any atom is 0.216 e. The van der Waals surface area contributed by atoms with E-state index in [4.69, 9.17) is 13.9 Å². The first-order valence-electron chi connectivity index (χ1n) is 9.11. The summed E-state index contributed by atoms with van der Waals surface area (Å²) >= 11 is 0. The highest BCUT2D eigenvalue weighted by molar-refractivity contribution is 14.0. The zero-order valence-corrected chi connectivity index (χ0v) is 19.9. The van der Waals surface area contributed by atoms with Crippen molar-refractivity contribution in [2.75, 3.05) is 34.4 Å². The molecule has 0 aliphatic rings. The number of aromatic nitrogens is 1. The summed E-state index contributed by atoms with van der Waals surface area (Å²) in [5.74, 6) is 3.78. The number of ether oxygens (including phenoxy) is 2. The summed E-state index contributed by atoms with van der Waals surface area (Å²) < 4.78 is 16.3. The molecule has 1 aromatic heterocycles. The van der Waals surface area contributed by atoms with Gasteiger partial charge in [-0.2, -0.15) is 0 Å². The number of rotatable bonds is 8. The molecule has 0 aliphatic heterocycles. The molecule has 0 spiro atoms. The van der Waals surface area contributed by atoms with Gasteiger partial charge >= 0.3 is 0 Å². The van der Waals surface area contributed by atoms with Crippen LogP contribution in [0.3, 0.4) is 0 Å². The Morgan fingerprint density at radius 2 is 1.93 bits per heavy atom. The van der Waals surface area contributed by atoms with Gasteiger partial charge in [-0.1, -0.05) is 6.07 Å². The predicted octanol–water partition coefficient (Wildman–Crippen LogP) is 3.57. The molecule has 0 fully saturated rings. The first kappa shape index (κ1) is 24.1. The Labute approximate surface area is 184 Å². The van der Waals surface area contributed by atoms with E-state index in [1.165, 1.54) is 5.56 Å². The molecule has 1 aromatic carbocycles. The molecule has 0 amide bonds. The lowest BCUT2D eigenvalue weighted by atomic mass is 10.1. The number of nitrogens with zero attached hydrogens (tertiary/aromatic N) is 3. The average Bonchev–Trinajstić information content (AvgIpc) is 3.00. The molecule has 0 saturated carbocycles. The van der Waals surface area contributed by atoms with Crippen molar-refractivity contribution in [1.29, 1.82) is 0 Å². The van der Waals surface area contributed by atoms with E-state index in [1.807, 2.05) is 33.0 Å². The number of hydrogen-bond donors (Lipinski definition) is 1. The lowest BCUT2D eigenvalue weighted by Gasteiger charge is -2.22. The Balaban J connectivity index is 0.00000392. The number of aryl methyl sites for hydroxylation is 2. The number of halogens is 1. The number of oxazole rings is 1. The minimum atomic E-state index is 0. The van der Waals surface area contributed by atoms with Crippen molar-refractivity contribution in [3.05, 3.63) is 41.1 Å². The fraction of sp³-hybridized carbons (Fsp3) is 0.500. The van der Waals surface area contributed by atoms with E-state index in [9.17, 15) is 0 Å². The molecule has 8 heteroatoms. The fourth-order valence-corrected chi connectivity index (χ4v) is 2.66. The normalized spacial score (nSPS) is 11.0. The van der Waals surface area contributed by atoms with Crippen molar-refractivity contribution in [2.24, 2.45) is 4.99 Å². The highest BCUT2D eigenvalue weighted by Crippen LogP contribution is 2.27. The second-order valence-electron chi connectivity index (χ2n) is 6.28. The van der Waals surface area contributed by atoms with Crippen LogP contribution in [-0.2, 0) is 13.0 Å². The van der Waals surface area contributed by atoms with Crippen LogP contribution >= 0.6 is 24.0 Å². The molecule has 7 nitrogen and oxygen atoms in total. The molecule has 156 valence electrons. The molecule has 0 atom stereocenters. The van der Waals surface area contributed by atoms with Crippen molar-refractivity contribution >= 4 is 29.9 Å². The summed E-state index contributed by atoms with van der Waals surface area (Å²) in [6.07, 6.45) is 0.860. The molecule has 0 aliphatic carbocycles. The molecule has 2 aromatic rings. The number of methoxy groups -OCH3 is 2. The standard InChI is InChI=1S/C20H30N4O3.HI/c1-7-21-20(22-13-19-23-14(2)15(3)27-19)24(4)11-10-16-8-9-17(25-5)18(12-16)26-6;/h8-9,12H,7,10-11,13H2,1-6H3,(H,21,22);1H. The van der Waals surface area contributed by atoms with Crippen LogP contribution in [0.2, 0.25) is 0 Å². The summed E-state index contributed by atoms with van der Waals surface area (Å²) in [5, 5.41) is 3.31. The summed E-state index contributed by atoms with van der Waals surface area (Å²) in [7, 11) is 5.31. The first-order valence-corrected chi connectivity index (χ1v) is 9.11. The minimum absolute atomic E-state index is 0. The predicted molar refractivity (Wildman–Crippen MR) is 122 cm³/mol. The molecule has 1 heterocycles. The number of guanidine groups is 1. The maximum absolute atomic E-state index is 5.61. The molecule has 0 unspecified atom stereocenters. The van der Waals surface area contributed by atoms with Crippen molar-refractivity contribution < 1.29 is 13.9 Å². The Morgan fingerprint density at radius 1 is 1.21 bits per heavy atom. The van der Waals surface area contributed by atoms with Crippen LogP contribution in [0.25, 0.3) is 0 Å². The van der Waals surface area contributed by atoms with Gasteiger partial charge in [0.05, 0.1) is 19.9 Å². The fourth-order valence-electron chi connectivity index (χ4n) is 2.66. The smallest absolute Gasteiger partial charge is 0.216 e. The van der Waals surface area contributed by atoms with Crippen LogP contribution in [0.4, 0.5) is 0 Å². The molecule has 0 saturated heterocycles. The van der Waals surface area contributed by atoms with Crippen molar-refractivity contribution in [2.45, 2.75) is 33.7 Å². The van der Waals surface area contributed by atoms with Gasteiger partial charge < -0.3 is 24.1 Å². The molecule has 1 N–H and O–H groups in total. The van der Waals surface area contributed by atoms with E-state index >= 15 is 0 Å². The van der Waals surface area contributed by atoms with E-state index < -0.39 is 0 Å². The molecular formula is C20H31IN4O3. The highest BCUT2D eigenvalue weighted by atomic mass is 127. The molecule has 28 heavy (non-hydrogen) atoms. The van der Waals surface area contributed by atoms with E-state index in [-0.39, 0.29) is 24.0 Å². The minimum Gasteiger partial charge on any atom is -0.493 e. The van der Waals surface area contributed by atoms with Gasteiger partial charge in [0, 0.05) is 20.1 Å². The SMILES string of the molecule is CCNC(=NCc1nc(C)c(C)o1)N(C)CCc1ccc(OC)c(OC)c1.I. The molecule has 2 rings (SSSR count). The van der Waals surface area contributed by atoms with E-state index in [0.717, 1.165) is 48.4 Å². The lowest BCUT2D eigenvalue weighted by molar-refractivity contribution is 0.354. The van der Waals surface area contributed by atoms with Gasteiger partial charge in [0.1, 0.15) is 12.3 Å².